The van der Waals surface area contributed by atoms with Crippen molar-refractivity contribution in [1.29, 1.82) is 0 Å². The number of anilines is 2. The second-order valence-corrected chi connectivity index (χ2v) is 10.9. The van der Waals surface area contributed by atoms with Gasteiger partial charge in [0.1, 0.15) is 16.7 Å². The Hall–Kier alpha value is -1.96. The molecule has 4 nitrogen and oxygen atoms in total. The third-order valence-corrected chi connectivity index (χ3v) is 8.99. The smallest absolute Gasteiger partial charge is 0.158 e. The Labute approximate surface area is 214 Å². The van der Waals surface area contributed by atoms with Crippen LogP contribution in [0, 0.1) is 12.7 Å². The predicted molar refractivity (Wildman–Crippen MR) is 143 cm³/mol. The molecule has 0 radical (unpaired) electrons. The van der Waals surface area contributed by atoms with E-state index in [4.69, 9.17) is 22.3 Å². The zero-order valence-electron chi connectivity index (χ0n) is 19.7. The molecular formula is C26H30ClFN4S2. The van der Waals surface area contributed by atoms with Crippen LogP contribution in [0.3, 0.4) is 0 Å². The molecule has 0 bridgehead atoms. The van der Waals surface area contributed by atoms with Crippen LogP contribution < -0.4 is 10.6 Å². The Morgan fingerprint density at radius 3 is 2.65 bits per heavy atom. The molecule has 0 amide bonds. The Bertz CT molecular complexity index is 1160. The number of nitrogen functional groups attached to an aromatic ring is 1. The molecule has 180 valence electrons. The standard InChI is InChI=1S/C26H30ClFN4S2/c1-4-19-12-13-20(11-9-17-8-10-18(28)14-16(17)2)32(19)23-15-30-26(25(29)31-23)34-22-7-5-6-21(33-3)24(22)27/h5-8,10,14-15,19-20H,4,9,11-13H2,1-3H3,(H2,29,31). The monoisotopic (exact) mass is 516 g/mol. The number of rotatable bonds is 8. The summed E-state index contributed by atoms with van der Waals surface area (Å²) in [5, 5.41) is 1.38. The number of hydrogen-bond donors (Lipinski definition) is 1. The van der Waals surface area contributed by atoms with E-state index >= 15 is 0 Å². The van der Waals surface area contributed by atoms with Crippen molar-refractivity contribution >= 4 is 46.8 Å². The van der Waals surface area contributed by atoms with Gasteiger partial charge in [-0.05, 0) is 80.7 Å². The van der Waals surface area contributed by atoms with Crippen molar-refractivity contribution < 1.29 is 4.39 Å². The molecule has 2 N–H and O–H groups in total. The highest BCUT2D eigenvalue weighted by Gasteiger charge is 2.33. The minimum atomic E-state index is -0.181. The second-order valence-electron chi connectivity index (χ2n) is 8.60. The lowest BCUT2D eigenvalue weighted by molar-refractivity contribution is 0.570. The SMILES string of the molecule is CCC1CCC(CCc2ccc(F)cc2C)N1c1cnc(Sc2cccc(SC)c2Cl)c(N)n1. The first-order valence-corrected chi connectivity index (χ1v) is 14.0. The number of nitrogens with zero attached hydrogens (tertiary/aromatic N) is 3. The van der Waals surface area contributed by atoms with Gasteiger partial charge >= 0.3 is 0 Å². The molecule has 0 spiro atoms. The van der Waals surface area contributed by atoms with Crippen molar-refractivity contribution in [3.05, 3.63) is 64.6 Å². The van der Waals surface area contributed by atoms with Crippen LogP contribution >= 0.6 is 35.1 Å². The Morgan fingerprint density at radius 1 is 1.18 bits per heavy atom. The van der Waals surface area contributed by atoms with Crippen molar-refractivity contribution in [3.8, 4) is 0 Å². The first kappa shape index (κ1) is 25.1. The molecule has 0 aliphatic carbocycles. The maximum Gasteiger partial charge on any atom is 0.158 e. The van der Waals surface area contributed by atoms with Crippen molar-refractivity contribution in [3.63, 3.8) is 0 Å². The summed E-state index contributed by atoms with van der Waals surface area (Å²) < 4.78 is 13.5. The highest BCUT2D eigenvalue weighted by molar-refractivity contribution is 8.00. The number of hydrogen-bond acceptors (Lipinski definition) is 6. The van der Waals surface area contributed by atoms with Crippen LogP contribution in [0.5, 0.6) is 0 Å². The molecule has 8 heteroatoms. The van der Waals surface area contributed by atoms with Gasteiger partial charge in [0.2, 0.25) is 0 Å². The van der Waals surface area contributed by atoms with Gasteiger partial charge in [-0.1, -0.05) is 42.4 Å². The van der Waals surface area contributed by atoms with Gasteiger partial charge in [-0.15, -0.1) is 11.8 Å². The number of aryl methyl sites for hydroxylation is 2. The molecular weight excluding hydrogens is 487 g/mol. The van der Waals surface area contributed by atoms with E-state index in [-0.39, 0.29) is 5.82 Å². The van der Waals surface area contributed by atoms with Crippen molar-refractivity contribution in [2.24, 2.45) is 0 Å². The lowest BCUT2D eigenvalue weighted by Crippen LogP contribution is -2.37. The molecule has 1 saturated heterocycles. The fourth-order valence-electron chi connectivity index (χ4n) is 4.70. The number of halogens is 2. The quantitative estimate of drug-likeness (QED) is 0.314. The normalized spacial score (nSPS) is 18.0. The maximum absolute atomic E-state index is 13.5. The molecule has 2 unspecified atom stereocenters. The van der Waals surface area contributed by atoms with Crippen LogP contribution in [-0.2, 0) is 6.42 Å². The van der Waals surface area contributed by atoms with Crippen LogP contribution in [0.1, 0.15) is 43.7 Å². The summed E-state index contributed by atoms with van der Waals surface area (Å²) >= 11 is 9.61. The van der Waals surface area contributed by atoms with Crippen molar-refractivity contribution in [2.75, 3.05) is 16.9 Å². The Balaban J connectivity index is 1.53. The average molecular weight is 517 g/mol. The highest BCUT2D eigenvalue weighted by atomic mass is 35.5. The summed E-state index contributed by atoms with van der Waals surface area (Å²) in [6, 6.07) is 11.8. The zero-order chi connectivity index (χ0) is 24.2. The minimum Gasteiger partial charge on any atom is -0.381 e. The second kappa shape index (κ2) is 11.2. The molecule has 3 aromatic rings. The van der Waals surface area contributed by atoms with E-state index in [9.17, 15) is 4.39 Å². The molecule has 2 aromatic carbocycles. The fourth-order valence-corrected chi connectivity index (χ4v) is 6.55. The summed E-state index contributed by atoms with van der Waals surface area (Å²) in [7, 11) is 0. The summed E-state index contributed by atoms with van der Waals surface area (Å²) in [5.74, 6) is 1.07. The van der Waals surface area contributed by atoms with Gasteiger partial charge in [0.15, 0.2) is 5.82 Å². The Kier molecular flexibility index (Phi) is 8.27. The highest BCUT2D eigenvalue weighted by Crippen LogP contribution is 2.40. The number of benzene rings is 2. The zero-order valence-corrected chi connectivity index (χ0v) is 22.1. The average Bonchev–Trinajstić information content (AvgIpc) is 3.24. The number of thioether (sulfide) groups is 1. The predicted octanol–water partition coefficient (Wildman–Crippen LogP) is 7.41. The van der Waals surface area contributed by atoms with E-state index in [1.807, 2.05) is 43.6 Å². The summed E-state index contributed by atoms with van der Waals surface area (Å²) in [5.41, 5.74) is 8.59. The molecule has 1 fully saturated rings. The maximum atomic E-state index is 13.5. The summed E-state index contributed by atoms with van der Waals surface area (Å²) in [6.45, 7) is 4.19. The third-order valence-electron chi connectivity index (χ3n) is 6.51. The fraction of sp³-hybridized carbons (Fsp3) is 0.385. The van der Waals surface area contributed by atoms with Gasteiger partial charge in [-0.25, -0.2) is 14.4 Å². The van der Waals surface area contributed by atoms with Gasteiger partial charge in [0, 0.05) is 21.9 Å². The molecule has 1 aromatic heterocycles. The van der Waals surface area contributed by atoms with E-state index in [2.05, 4.69) is 16.8 Å². The summed E-state index contributed by atoms with van der Waals surface area (Å²) in [6.07, 6.45) is 9.01. The van der Waals surface area contributed by atoms with E-state index < -0.39 is 0 Å². The van der Waals surface area contributed by atoms with Gasteiger partial charge in [-0.2, -0.15) is 0 Å². The molecule has 1 aliphatic heterocycles. The molecule has 2 heterocycles. The van der Waals surface area contributed by atoms with Gasteiger partial charge < -0.3 is 10.6 Å². The van der Waals surface area contributed by atoms with E-state index in [0.29, 0.717) is 28.0 Å². The van der Waals surface area contributed by atoms with Crippen LogP contribution in [-0.4, -0.2) is 28.3 Å². The van der Waals surface area contributed by atoms with Crippen LogP contribution in [0.4, 0.5) is 16.0 Å². The summed E-state index contributed by atoms with van der Waals surface area (Å²) in [4.78, 5) is 13.8. The van der Waals surface area contributed by atoms with Gasteiger partial charge in [0.25, 0.3) is 0 Å². The molecule has 2 atom stereocenters. The van der Waals surface area contributed by atoms with E-state index in [1.165, 1.54) is 17.3 Å². The molecule has 4 rings (SSSR count). The third kappa shape index (κ3) is 5.47. The Morgan fingerprint density at radius 2 is 1.94 bits per heavy atom. The van der Waals surface area contributed by atoms with Crippen molar-refractivity contribution in [2.45, 2.75) is 72.9 Å². The minimum absolute atomic E-state index is 0.181. The molecule has 0 saturated carbocycles. The molecule has 34 heavy (non-hydrogen) atoms. The first-order chi connectivity index (χ1) is 16.4. The van der Waals surface area contributed by atoms with Crippen LogP contribution in [0.15, 0.2) is 57.4 Å². The molecule has 1 aliphatic rings. The van der Waals surface area contributed by atoms with Crippen LogP contribution in [0.25, 0.3) is 0 Å². The van der Waals surface area contributed by atoms with Gasteiger partial charge in [-0.3, -0.25) is 0 Å². The van der Waals surface area contributed by atoms with E-state index in [0.717, 1.165) is 53.3 Å². The van der Waals surface area contributed by atoms with Crippen LogP contribution in [0.2, 0.25) is 5.02 Å². The first-order valence-electron chi connectivity index (χ1n) is 11.6. The van der Waals surface area contributed by atoms with Gasteiger partial charge in [0.05, 0.1) is 11.2 Å². The lowest BCUT2D eigenvalue weighted by atomic mass is 10.00. The number of aromatic nitrogens is 2. The van der Waals surface area contributed by atoms with Crippen molar-refractivity contribution in [1.82, 2.24) is 9.97 Å². The van der Waals surface area contributed by atoms with E-state index in [1.54, 1.807) is 23.9 Å². The lowest BCUT2D eigenvalue weighted by Gasteiger charge is -2.31. The topological polar surface area (TPSA) is 55.0 Å². The number of nitrogens with two attached hydrogens (primary N) is 1. The largest absolute Gasteiger partial charge is 0.381 e.